The molecule has 1 aliphatic heterocycles. The van der Waals surface area contributed by atoms with E-state index in [0.29, 0.717) is 25.1 Å². The highest BCUT2D eigenvalue weighted by Gasteiger charge is 2.34. The predicted octanol–water partition coefficient (Wildman–Crippen LogP) is -0.488. The van der Waals surface area contributed by atoms with E-state index in [0.717, 1.165) is 0 Å². The number of nitrogens with one attached hydrogen (secondary N) is 1. The normalized spacial score (nSPS) is 23.1. The number of aromatic nitrogens is 1. The summed E-state index contributed by atoms with van der Waals surface area (Å²) in [4.78, 5) is 29.8. The number of likely N-dealkylation sites (tertiary alicyclic amines) is 1. The van der Waals surface area contributed by atoms with E-state index in [2.05, 4.69) is 4.98 Å². The monoisotopic (exact) mass is 265 g/mol. The number of nitrogens with zero attached hydrogens (tertiary/aromatic N) is 2. The van der Waals surface area contributed by atoms with Crippen LogP contribution in [0.5, 0.6) is 0 Å². The maximum absolute atomic E-state index is 12.4. The lowest BCUT2D eigenvalue weighted by Crippen LogP contribution is -2.41. The van der Waals surface area contributed by atoms with Gasteiger partial charge >= 0.3 is 0 Å². The van der Waals surface area contributed by atoms with Crippen LogP contribution in [0.3, 0.4) is 0 Å². The van der Waals surface area contributed by atoms with E-state index < -0.39 is 6.10 Å². The first-order valence-corrected chi connectivity index (χ1v) is 6.30. The molecule has 1 aromatic heterocycles. The molecule has 6 nitrogen and oxygen atoms in total. The summed E-state index contributed by atoms with van der Waals surface area (Å²) in [5.74, 6) is -0.200. The molecule has 0 aromatic carbocycles. The smallest absolute Gasteiger partial charge is 0.254 e. The van der Waals surface area contributed by atoms with Crippen LogP contribution in [-0.4, -0.2) is 65.1 Å². The Balaban J connectivity index is 2.19. The first-order valence-electron chi connectivity index (χ1n) is 6.30. The number of amides is 1. The zero-order valence-corrected chi connectivity index (χ0v) is 11.2. The zero-order valence-electron chi connectivity index (χ0n) is 11.2. The lowest BCUT2D eigenvalue weighted by molar-refractivity contribution is 0.0699. The fourth-order valence-electron chi connectivity index (χ4n) is 2.48. The molecule has 104 valence electrons. The highest BCUT2D eigenvalue weighted by molar-refractivity contribution is 5.94. The van der Waals surface area contributed by atoms with Crippen molar-refractivity contribution in [3.8, 4) is 0 Å². The molecule has 19 heavy (non-hydrogen) atoms. The summed E-state index contributed by atoms with van der Waals surface area (Å²) in [5, 5.41) is 9.75. The van der Waals surface area contributed by atoms with Gasteiger partial charge in [0.1, 0.15) is 0 Å². The SMILES string of the molecule is CN(C)CC1CC(O)CN1C(=O)c1cc[nH]c(=O)c1. The van der Waals surface area contributed by atoms with E-state index in [-0.39, 0.29) is 17.5 Å². The van der Waals surface area contributed by atoms with Crippen LogP contribution in [0.25, 0.3) is 0 Å². The fourth-order valence-corrected chi connectivity index (χ4v) is 2.48. The summed E-state index contributed by atoms with van der Waals surface area (Å²) in [5.41, 5.74) is 0.0661. The van der Waals surface area contributed by atoms with Crippen LogP contribution in [0, 0.1) is 0 Å². The van der Waals surface area contributed by atoms with Gasteiger partial charge in [-0.05, 0) is 26.6 Å². The molecule has 2 atom stereocenters. The Bertz CT molecular complexity index is 512. The van der Waals surface area contributed by atoms with Crippen LogP contribution in [0.15, 0.2) is 23.1 Å². The molecule has 0 saturated carbocycles. The van der Waals surface area contributed by atoms with Crippen molar-refractivity contribution < 1.29 is 9.90 Å². The van der Waals surface area contributed by atoms with Crippen LogP contribution >= 0.6 is 0 Å². The number of pyridine rings is 1. The minimum atomic E-state index is -0.490. The van der Waals surface area contributed by atoms with Gasteiger partial charge in [0.15, 0.2) is 0 Å². The molecule has 1 aromatic rings. The Labute approximate surface area is 111 Å². The average Bonchev–Trinajstić information content (AvgIpc) is 2.68. The van der Waals surface area contributed by atoms with E-state index in [9.17, 15) is 14.7 Å². The van der Waals surface area contributed by atoms with E-state index in [1.807, 2.05) is 19.0 Å². The molecule has 2 heterocycles. The van der Waals surface area contributed by atoms with Gasteiger partial charge in [0, 0.05) is 37.0 Å². The molecule has 0 radical (unpaired) electrons. The number of hydrogen-bond acceptors (Lipinski definition) is 4. The van der Waals surface area contributed by atoms with Crippen molar-refractivity contribution in [3.63, 3.8) is 0 Å². The number of carbonyl (C=O) groups excluding carboxylic acids is 1. The molecule has 1 aliphatic rings. The number of likely N-dealkylation sites (N-methyl/N-ethyl adjacent to an activating group) is 1. The van der Waals surface area contributed by atoms with Crippen LogP contribution in [0.1, 0.15) is 16.8 Å². The molecule has 0 spiro atoms. The van der Waals surface area contributed by atoms with Gasteiger partial charge in [0.25, 0.3) is 5.91 Å². The Morgan fingerprint density at radius 2 is 2.32 bits per heavy atom. The van der Waals surface area contributed by atoms with Crippen LogP contribution in [-0.2, 0) is 0 Å². The van der Waals surface area contributed by atoms with Gasteiger partial charge in [-0.15, -0.1) is 0 Å². The molecular weight excluding hydrogens is 246 g/mol. The number of rotatable bonds is 3. The Kier molecular flexibility index (Phi) is 4.01. The summed E-state index contributed by atoms with van der Waals surface area (Å²) in [6, 6.07) is 2.86. The summed E-state index contributed by atoms with van der Waals surface area (Å²) in [6.45, 7) is 1.02. The van der Waals surface area contributed by atoms with Gasteiger partial charge in [-0.25, -0.2) is 0 Å². The van der Waals surface area contributed by atoms with Gasteiger partial charge in [0.2, 0.25) is 5.56 Å². The summed E-state index contributed by atoms with van der Waals surface area (Å²) in [7, 11) is 3.86. The summed E-state index contributed by atoms with van der Waals surface area (Å²) < 4.78 is 0. The number of H-pyrrole nitrogens is 1. The molecule has 2 N–H and O–H groups in total. The number of hydrogen-bond donors (Lipinski definition) is 2. The number of aromatic amines is 1. The molecule has 0 bridgehead atoms. The van der Waals surface area contributed by atoms with Gasteiger partial charge in [-0.3, -0.25) is 9.59 Å². The third kappa shape index (κ3) is 3.21. The maximum Gasteiger partial charge on any atom is 0.254 e. The second kappa shape index (κ2) is 5.54. The first-order chi connectivity index (χ1) is 8.97. The minimum absolute atomic E-state index is 0.0169. The van der Waals surface area contributed by atoms with Crippen molar-refractivity contribution in [1.29, 1.82) is 0 Å². The highest BCUT2D eigenvalue weighted by Crippen LogP contribution is 2.20. The molecule has 1 saturated heterocycles. The maximum atomic E-state index is 12.4. The van der Waals surface area contributed by atoms with Crippen LogP contribution < -0.4 is 5.56 Å². The van der Waals surface area contributed by atoms with Gasteiger partial charge in [-0.1, -0.05) is 0 Å². The van der Waals surface area contributed by atoms with Crippen molar-refractivity contribution in [2.24, 2.45) is 0 Å². The predicted molar refractivity (Wildman–Crippen MR) is 71.1 cm³/mol. The van der Waals surface area contributed by atoms with E-state index in [1.54, 1.807) is 11.0 Å². The molecule has 0 aliphatic carbocycles. The van der Waals surface area contributed by atoms with E-state index in [4.69, 9.17) is 0 Å². The second-order valence-corrected chi connectivity index (χ2v) is 5.20. The molecular formula is C13H19N3O3. The Morgan fingerprint density at radius 3 is 2.95 bits per heavy atom. The van der Waals surface area contributed by atoms with Crippen LogP contribution in [0.2, 0.25) is 0 Å². The Hall–Kier alpha value is -1.66. The summed E-state index contributed by atoms with van der Waals surface area (Å²) >= 11 is 0. The largest absolute Gasteiger partial charge is 0.391 e. The van der Waals surface area contributed by atoms with Gasteiger partial charge in [0.05, 0.1) is 6.10 Å². The molecule has 2 unspecified atom stereocenters. The van der Waals surface area contributed by atoms with Crippen molar-refractivity contribution >= 4 is 5.91 Å². The fraction of sp³-hybridized carbons (Fsp3) is 0.538. The lowest BCUT2D eigenvalue weighted by atomic mass is 10.1. The van der Waals surface area contributed by atoms with Crippen LogP contribution in [0.4, 0.5) is 0 Å². The van der Waals surface area contributed by atoms with Crippen molar-refractivity contribution in [2.75, 3.05) is 27.2 Å². The van der Waals surface area contributed by atoms with E-state index in [1.165, 1.54) is 12.3 Å². The average molecular weight is 265 g/mol. The summed E-state index contributed by atoms with van der Waals surface area (Å²) in [6.07, 6.45) is 1.55. The Morgan fingerprint density at radius 1 is 1.58 bits per heavy atom. The number of carbonyl (C=O) groups is 1. The number of β-amino-alcohol motifs (C(OH)–C–C–N with tert-alkyl or cyclic N) is 1. The van der Waals surface area contributed by atoms with Crippen molar-refractivity contribution in [3.05, 3.63) is 34.2 Å². The quantitative estimate of drug-likeness (QED) is 0.773. The molecule has 1 fully saturated rings. The first kappa shape index (κ1) is 13.8. The van der Waals surface area contributed by atoms with Crippen molar-refractivity contribution in [2.45, 2.75) is 18.6 Å². The number of aliphatic hydroxyl groups is 1. The van der Waals surface area contributed by atoms with Gasteiger partial charge in [-0.2, -0.15) is 0 Å². The highest BCUT2D eigenvalue weighted by atomic mass is 16.3. The number of aliphatic hydroxyl groups excluding tert-OH is 1. The third-order valence-electron chi connectivity index (χ3n) is 3.25. The van der Waals surface area contributed by atoms with Crippen molar-refractivity contribution in [1.82, 2.24) is 14.8 Å². The van der Waals surface area contributed by atoms with Gasteiger partial charge < -0.3 is 19.9 Å². The standard InChI is InChI=1S/C13H19N3O3/c1-15(2)7-10-6-11(17)8-16(10)13(19)9-3-4-14-12(18)5-9/h3-5,10-11,17H,6-8H2,1-2H3,(H,14,18). The zero-order chi connectivity index (χ0) is 14.0. The molecule has 6 heteroatoms. The molecule has 1 amide bonds. The topological polar surface area (TPSA) is 76.6 Å². The van der Waals surface area contributed by atoms with E-state index >= 15 is 0 Å². The lowest BCUT2D eigenvalue weighted by Gasteiger charge is -2.26. The third-order valence-corrected chi connectivity index (χ3v) is 3.25. The molecule has 2 rings (SSSR count). The second-order valence-electron chi connectivity index (χ2n) is 5.20. The minimum Gasteiger partial charge on any atom is -0.391 e.